The van der Waals surface area contributed by atoms with Crippen molar-refractivity contribution >= 4 is 17.5 Å². The molecule has 2 aromatic heterocycles. The molecule has 1 aromatic carbocycles. The van der Waals surface area contributed by atoms with E-state index in [1.165, 1.54) is 4.68 Å². The predicted octanol–water partition coefficient (Wildman–Crippen LogP) is 3.03. The van der Waals surface area contributed by atoms with Gasteiger partial charge in [0.05, 0.1) is 11.2 Å². The van der Waals surface area contributed by atoms with Crippen LogP contribution in [0.3, 0.4) is 0 Å². The molecule has 0 bridgehead atoms. The Morgan fingerprint density at radius 2 is 2.04 bits per heavy atom. The molecular weight excluding hydrogens is 354 g/mol. The largest absolute Gasteiger partial charge is 0.470 e. The Kier molecular flexibility index (Phi) is 5.58. The van der Waals surface area contributed by atoms with Crippen molar-refractivity contribution in [1.82, 2.24) is 24.9 Å². The molecule has 3 rings (SSSR count). The highest BCUT2D eigenvalue weighted by Crippen LogP contribution is 2.23. The lowest BCUT2D eigenvalue weighted by Gasteiger charge is -2.11. The highest BCUT2D eigenvalue weighted by molar-refractivity contribution is 6.32. The Bertz CT molecular complexity index is 903. The maximum absolute atomic E-state index is 12.5. The SMILES string of the molecule is CCn1ncc(CNC(=O)c2ccnn2COc2ccccc2Cl)c1C. The first-order chi connectivity index (χ1) is 12.6. The molecule has 0 aliphatic carbocycles. The van der Waals surface area contributed by atoms with Crippen LogP contribution in [0.5, 0.6) is 5.75 Å². The van der Waals surface area contributed by atoms with Crippen LogP contribution in [0.1, 0.15) is 28.7 Å². The van der Waals surface area contributed by atoms with Gasteiger partial charge in [0, 0.05) is 30.5 Å². The van der Waals surface area contributed by atoms with Gasteiger partial charge in [-0.25, -0.2) is 4.68 Å². The van der Waals surface area contributed by atoms with Crippen molar-refractivity contribution in [3.63, 3.8) is 0 Å². The van der Waals surface area contributed by atoms with Gasteiger partial charge in [0.2, 0.25) is 0 Å². The van der Waals surface area contributed by atoms with Crippen LogP contribution in [0.4, 0.5) is 0 Å². The number of carbonyl (C=O) groups is 1. The van der Waals surface area contributed by atoms with Crippen LogP contribution in [0.25, 0.3) is 0 Å². The summed E-state index contributed by atoms with van der Waals surface area (Å²) in [6.45, 7) is 5.30. The number of aromatic nitrogens is 4. The first kappa shape index (κ1) is 18.0. The zero-order valence-electron chi connectivity index (χ0n) is 14.6. The summed E-state index contributed by atoms with van der Waals surface area (Å²) in [7, 11) is 0. The molecular formula is C18H20ClN5O2. The van der Waals surface area contributed by atoms with E-state index in [1.807, 2.05) is 30.7 Å². The van der Waals surface area contributed by atoms with Crippen molar-refractivity contribution in [1.29, 1.82) is 0 Å². The van der Waals surface area contributed by atoms with Crippen molar-refractivity contribution < 1.29 is 9.53 Å². The van der Waals surface area contributed by atoms with Crippen LogP contribution in [0.2, 0.25) is 5.02 Å². The zero-order chi connectivity index (χ0) is 18.5. The van der Waals surface area contributed by atoms with Gasteiger partial charge >= 0.3 is 0 Å². The number of amides is 1. The van der Waals surface area contributed by atoms with Crippen LogP contribution in [0, 0.1) is 6.92 Å². The second kappa shape index (κ2) is 8.05. The molecule has 0 aliphatic rings. The molecule has 8 heteroatoms. The van der Waals surface area contributed by atoms with E-state index in [2.05, 4.69) is 15.5 Å². The van der Waals surface area contributed by atoms with E-state index in [4.69, 9.17) is 16.3 Å². The number of rotatable bonds is 7. The number of hydrogen-bond donors (Lipinski definition) is 1. The van der Waals surface area contributed by atoms with Gasteiger partial charge in [0.15, 0.2) is 6.73 Å². The molecule has 7 nitrogen and oxygen atoms in total. The number of para-hydroxylation sites is 1. The maximum atomic E-state index is 12.5. The van der Waals surface area contributed by atoms with E-state index in [9.17, 15) is 4.79 Å². The summed E-state index contributed by atoms with van der Waals surface area (Å²) in [5, 5.41) is 11.8. The first-order valence-corrected chi connectivity index (χ1v) is 8.66. The van der Waals surface area contributed by atoms with Crippen molar-refractivity contribution in [2.45, 2.75) is 33.7 Å². The predicted molar refractivity (Wildman–Crippen MR) is 98.1 cm³/mol. The molecule has 0 radical (unpaired) electrons. The summed E-state index contributed by atoms with van der Waals surface area (Å²) in [5.74, 6) is 0.313. The van der Waals surface area contributed by atoms with E-state index in [-0.39, 0.29) is 12.6 Å². The molecule has 2 heterocycles. The number of halogens is 1. The highest BCUT2D eigenvalue weighted by Gasteiger charge is 2.14. The smallest absolute Gasteiger partial charge is 0.269 e. The van der Waals surface area contributed by atoms with Gasteiger partial charge in [-0.05, 0) is 32.0 Å². The molecule has 0 aliphatic heterocycles. The quantitative estimate of drug-likeness (QED) is 0.690. The topological polar surface area (TPSA) is 74.0 Å². The molecule has 0 saturated carbocycles. The monoisotopic (exact) mass is 373 g/mol. The van der Waals surface area contributed by atoms with Crippen LogP contribution >= 0.6 is 11.6 Å². The molecule has 1 amide bonds. The van der Waals surface area contributed by atoms with Crippen LogP contribution < -0.4 is 10.1 Å². The van der Waals surface area contributed by atoms with Gasteiger partial charge in [0.25, 0.3) is 5.91 Å². The Morgan fingerprint density at radius 3 is 2.77 bits per heavy atom. The summed E-state index contributed by atoms with van der Waals surface area (Å²) in [6.07, 6.45) is 3.34. The standard InChI is InChI=1S/C18H20ClN5O2/c1-3-23-13(2)14(11-22-23)10-20-18(25)16-8-9-21-24(16)12-26-17-7-5-4-6-15(17)19/h4-9,11H,3,10,12H2,1-2H3,(H,20,25). The van der Waals surface area contributed by atoms with Gasteiger partial charge in [0.1, 0.15) is 11.4 Å². The Morgan fingerprint density at radius 1 is 1.23 bits per heavy atom. The second-order valence-electron chi connectivity index (χ2n) is 5.67. The van der Waals surface area contributed by atoms with E-state index in [0.29, 0.717) is 23.0 Å². The third kappa shape index (κ3) is 3.88. The van der Waals surface area contributed by atoms with Gasteiger partial charge < -0.3 is 10.1 Å². The minimum absolute atomic E-state index is 0.0896. The van der Waals surface area contributed by atoms with E-state index < -0.39 is 0 Å². The third-order valence-corrected chi connectivity index (χ3v) is 4.38. The maximum Gasteiger partial charge on any atom is 0.269 e. The number of ether oxygens (including phenoxy) is 1. The number of benzene rings is 1. The van der Waals surface area contributed by atoms with Gasteiger partial charge in [-0.2, -0.15) is 10.2 Å². The summed E-state index contributed by atoms with van der Waals surface area (Å²) >= 11 is 6.07. The lowest BCUT2D eigenvalue weighted by Crippen LogP contribution is -2.26. The average molecular weight is 374 g/mol. The second-order valence-corrected chi connectivity index (χ2v) is 6.08. The molecule has 0 fully saturated rings. The Balaban J connectivity index is 1.63. The van der Waals surface area contributed by atoms with Crippen LogP contribution in [0.15, 0.2) is 42.7 Å². The minimum Gasteiger partial charge on any atom is -0.470 e. The van der Waals surface area contributed by atoms with E-state index in [0.717, 1.165) is 17.8 Å². The third-order valence-electron chi connectivity index (χ3n) is 4.07. The van der Waals surface area contributed by atoms with Crippen molar-refractivity contribution in [2.75, 3.05) is 0 Å². The fourth-order valence-corrected chi connectivity index (χ4v) is 2.75. The number of nitrogens with zero attached hydrogens (tertiary/aromatic N) is 4. The normalized spacial score (nSPS) is 10.7. The lowest BCUT2D eigenvalue weighted by molar-refractivity contribution is 0.0929. The average Bonchev–Trinajstić information content (AvgIpc) is 3.25. The van der Waals surface area contributed by atoms with E-state index in [1.54, 1.807) is 30.6 Å². The lowest BCUT2D eigenvalue weighted by atomic mass is 10.2. The molecule has 3 aromatic rings. The number of nitrogens with one attached hydrogen (secondary N) is 1. The fourth-order valence-electron chi connectivity index (χ4n) is 2.56. The number of aryl methyl sites for hydroxylation is 1. The molecule has 136 valence electrons. The highest BCUT2D eigenvalue weighted by atomic mass is 35.5. The molecule has 0 atom stereocenters. The summed E-state index contributed by atoms with van der Waals surface area (Å²) in [4.78, 5) is 12.5. The molecule has 0 unspecified atom stereocenters. The van der Waals surface area contributed by atoms with Gasteiger partial charge in [-0.15, -0.1) is 0 Å². The molecule has 1 N–H and O–H groups in total. The Hall–Kier alpha value is -2.80. The van der Waals surface area contributed by atoms with Crippen LogP contribution in [-0.2, 0) is 19.8 Å². The van der Waals surface area contributed by atoms with Gasteiger partial charge in [-0.1, -0.05) is 23.7 Å². The van der Waals surface area contributed by atoms with Crippen LogP contribution in [-0.4, -0.2) is 25.5 Å². The molecule has 26 heavy (non-hydrogen) atoms. The minimum atomic E-state index is -0.228. The van der Waals surface area contributed by atoms with E-state index >= 15 is 0 Å². The summed E-state index contributed by atoms with van der Waals surface area (Å²) in [5.41, 5.74) is 2.44. The summed E-state index contributed by atoms with van der Waals surface area (Å²) in [6, 6.07) is 8.81. The summed E-state index contributed by atoms with van der Waals surface area (Å²) < 4.78 is 9.03. The number of carbonyl (C=O) groups excluding carboxylic acids is 1. The zero-order valence-corrected chi connectivity index (χ0v) is 15.4. The fraction of sp³-hybridized carbons (Fsp3) is 0.278. The van der Waals surface area contributed by atoms with Gasteiger partial charge in [-0.3, -0.25) is 9.48 Å². The Labute approximate surface area is 156 Å². The molecule has 0 spiro atoms. The first-order valence-electron chi connectivity index (χ1n) is 8.28. The van der Waals surface area contributed by atoms with Crippen molar-refractivity contribution in [3.8, 4) is 5.75 Å². The van der Waals surface area contributed by atoms with Crippen molar-refractivity contribution in [2.24, 2.45) is 0 Å². The van der Waals surface area contributed by atoms with Crippen molar-refractivity contribution in [3.05, 3.63) is 64.7 Å². The number of hydrogen-bond acceptors (Lipinski definition) is 4. The molecule has 0 saturated heterocycles.